The molecule has 0 saturated carbocycles. The Morgan fingerprint density at radius 3 is 2.19 bits per heavy atom. The van der Waals surface area contributed by atoms with E-state index in [1.807, 2.05) is 68.4 Å². The molecule has 1 fully saturated rings. The van der Waals surface area contributed by atoms with Crippen molar-refractivity contribution in [2.24, 2.45) is 0 Å². The quantitative estimate of drug-likeness (QED) is 0.195. The van der Waals surface area contributed by atoms with Gasteiger partial charge < -0.3 is 14.2 Å². The first-order valence-corrected chi connectivity index (χ1v) is 13.4. The van der Waals surface area contributed by atoms with Crippen molar-refractivity contribution in [3.8, 4) is 17.2 Å². The van der Waals surface area contributed by atoms with Crippen LogP contribution in [0.2, 0.25) is 0 Å². The van der Waals surface area contributed by atoms with E-state index in [2.05, 4.69) is 5.32 Å². The highest BCUT2D eigenvalue weighted by Crippen LogP contribution is 2.31. The highest BCUT2D eigenvalue weighted by atomic mass is 16.5. The molecule has 0 atom stereocenters. The molecule has 1 heterocycles. The number of nitrogens with zero attached hydrogens (tertiary/aromatic N) is 1. The fraction of sp³-hybridized carbons (Fsp3) is 0.147. The SMILES string of the molecule is COc1cc(COc2ccccc2/C=C2/C(=O)NC(=O)N(c3ccc(C)c(C)c3)C2=O)ccc1OCc1ccccc1. The Kier molecular flexibility index (Phi) is 8.34. The summed E-state index contributed by atoms with van der Waals surface area (Å²) in [5.41, 5.74) is 4.54. The van der Waals surface area contributed by atoms with Gasteiger partial charge in [-0.1, -0.05) is 60.7 Å². The molecule has 0 radical (unpaired) electrons. The van der Waals surface area contributed by atoms with E-state index in [-0.39, 0.29) is 12.2 Å². The highest BCUT2D eigenvalue weighted by Gasteiger charge is 2.37. The number of carbonyl (C=O) groups excluding carboxylic acids is 3. The molecule has 8 heteroatoms. The molecule has 0 unspecified atom stereocenters. The van der Waals surface area contributed by atoms with E-state index < -0.39 is 17.8 Å². The first kappa shape index (κ1) is 28.2. The minimum Gasteiger partial charge on any atom is -0.493 e. The largest absolute Gasteiger partial charge is 0.493 e. The highest BCUT2D eigenvalue weighted by molar-refractivity contribution is 6.39. The molecule has 1 aliphatic rings. The molecule has 212 valence electrons. The third kappa shape index (κ3) is 6.18. The lowest BCUT2D eigenvalue weighted by Gasteiger charge is -2.27. The number of ether oxygens (including phenoxy) is 3. The van der Waals surface area contributed by atoms with Crippen LogP contribution in [0.15, 0.2) is 96.6 Å². The number of imide groups is 2. The van der Waals surface area contributed by atoms with E-state index in [1.54, 1.807) is 43.5 Å². The van der Waals surface area contributed by atoms with Gasteiger partial charge in [0.1, 0.15) is 24.5 Å². The minimum absolute atomic E-state index is 0.175. The Morgan fingerprint density at radius 1 is 0.714 bits per heavy atom. The topological polar surface area (TPSA) is 94.2 Å². The van der Waals surface area contributed by atoms with Gasteiger partial charge in [0, 0.05) is 5.56 Å². The summed E-state index contributed by atoms with van der Waals surface area (Å²) in [5, 5.41) is 2.27. The Hall–Kier alpha value is -5.37. The van der Waals surface area contributed by atoms with Crippen molar-refractivity contribution in [2.45, 2.75) is 27.1 Å². The second-order valence-corrected chi connectivity index (χ2v) is 9.81. The standard InChI is InChI=1S/C34H30N2O6/c1-22-13-15-27(17-23(22)2)36-33(38)28(32(37)35-34(36)39)19-26-11-7-8-12-29(26)41-21-25-14-16-30(31(18-25)40-3)42-20-24-9-5-4-6-10-24/h4-19H,20-21H2,1-3H3,(H,35,37,39)/b28-19-. The normalized spacial score (nSPS) is 14.1. The van der Waals surface area contributed by atoms with Crippen molar-refractivity contribution in [1.29, 1.82) is 0 Å². The zero-order valence-electron chi connectivity index (χ0n) is 23.5. The van der Waals surface area contributed by atoms with Crippen LogP contribution in [-0.4, -0.2) is 25.0 Å². The lowest BCUT2D eigenvalue weighted by atomic mass is 10.0. The molecule has 1 aliphatic heterocycles. The average Bonchev–Trinajstić information content (AvgIpc) is 3.00. The van der Waals surface area contributed by atoms with Crippen LogP contribution in [-0.2, 0) is 22.8 Å². The number of hydrogen-bond acceptors (Lipinski definition) is 6. The summed E-state index contributed by atoms with van der Waals surface area (Å²) < 4.78 is 17.6. The molecule has 4 aromatic carbocycles. The monoisotopic (exact) mass is 562 g/mol. The van der Waals surface area contributed by atoms with E-state index in [9.17, 15) is 14.4 Å². The van der Waals surface area contributed by atoms with Crippen LogP contribution in [0.1, 0.15) is 27.8 Å². The number of aryl methyl sites for hydroxylation is 2. The fourth-order valence-corrected chi connectivity index (χ4v) is 4.46. The predicted octanol–water partition coefficient (Wildman–Crippen LogP) is 6.14. The number of anilines is 1. The summed E-state index contributed by atoms with van der Waals surface area (Å²) in [4.78, 5) is 39.7. The van der Waals surface area contributed by atoms with Gasteiger partial charge in [-0.05, 0) is 72.5 Å². The van der Waals surface area contributed by atoms with Gasteiger partial charge in [-0.15, -0.1) is 0 Å². The number of nitrogens with one attached hydrogen (secondary N) is 1. The maximum atomic E-state index is 13.4. The van der Waals surface area contributed by atoms with Crippen LogP contribution in [0.4, 0.5) is 10.5 Å². The zero-order valence-corrected chi connectivity index (χ0v) is 23.5. The summed E-state index contributed by atoms with van der Waals surface area (Å²) in [6, 6.07) is 26.9. The third-order valence-electron chi connectivity index (χ3n) is 6.93. The van der Waals surface area contributed by atoms with Gasteiger partial charge in [-0.25, -0.2) is 9.69 Å². The first-order valence-electron chi connectivity index (χ1n) is 13.4. The van der Waals surface area contributed by atoms with E-state index in [1.165, 1.54) is 6.08 Å². The maximum Gasteiger partial charge on any atom is 0.335 e. The molecule has 1 N–H and O–H groups in total. The molecule has 1 saturated heterocycles. The van der Waals surface area contributed by atoms with Crippen LogP contribution >= 0.6 is 0 Å². The molecule has 5 rings (SSSR count). The lowest BCUT2D eigenvalue weighted by molar-refractivity contribution is -0.122. The van der Waals surface area contributed by atoms with Crippen LogP contribution in [0.3, 0.4) is 0 Å². The molecule has 8 nitrogen and oxygen atoms in total. The fourth-order valence-electron chi connectivity index (χ4n) is 4.46. The van der Waals surface area contributed by atoms with Gasteiger partial charge in [0.05, 0.1) is 12.8 Å². The molecule has 0 spiro atoms. The lowest BCUT2D eigenvalue weighted by Crippen LogP contribution is -2.54. The Labute approximate surface area is 244 Å². The number of barbiturate groups is 1. The number of carbonyl (C=O) groups is 3. The van der Waals surface area contributed by atoms with Gasteiger partial charge in [0.25, 0.3) is 11.8 Å². The van der Waals surface area contributed by atoms with Crippen LogP contribution in [0.25, 0.3) is 6.08 Å². The van der Waals surface area contributed by atoms with Crippen molar-refractivity contribution >= 4 is 29.6 Å². The van der Waals surface area contributed by atoms with E-state index in [0.717, 1.165) is 27.2 Å². The minimum atomic E-state index is -0.792. The second-order valence-electron chi connectivity index (χ2n) is 9.81. The number of amides is 4. The summed E-state index contributed by atoms with van der Waals surface area (Å²) in [5.74, 6) is 0.167. The van der Waals surface area contributed by atoms with Crippen LogP contribution in [0, 0.1) is 13.8 Å². The molecule has 0 bridgehead atoms. The van der Waals surface area contributed by atoms with Crippen molar-refractivity contribution in [2.75, 3.05) is 12.0 Å². The van der Waals surface area contributed by atoms with Gasteiger partial charge in [0.15, 0.2) is 11.5 Å². The molecule has 0 aromatic heterocycles. The molecular weight excluding hydrogens is 532 g/mol. The van der Waals surface area contributed by atoms with Gasteiger partial charge in [-0.2, -0.15) is 0 Å². The van der Waals surface area contributed by atoms with Crippen molar-refractivity contribution in [3.05, 3.63) is 124 Å². The third-order valence-corrected chi connectivity index (χ3v) is 6.93. The molecule has 42 heavy (non-hydrogen) atoms. The van der Waals surface area contributed by atoms with Crippen molar-refractivity contribution in [1.82, 2.24) is 5.32 Å². The molecule has 0 aliphatic carbocycles. The maximum absolute atomic E-state index is 13.4. The summed E-state index contributed by atoms with van der Waals surface area (Å²) >= 11 is 0. The van der Waals surface area contributed by atoms with Crippen molar-refractivity contribution < 1.29 is 28.6 Å². The zero-order chi connectivity index (χ0) is 29.6. The average molecular weight is 563 g/mol. The molecular formula is C34H30N2O6. The number of benzene rings is 4. The molecule has 4 amide bonds. The van der Waals surface area contributed by atoms with Crippen LogP contribution < -0.4 is 24.4 Å². The van der Waals surface area contributed by atoms with E-state index in [0.29, 0.717) is 35.1 Å². The Balaban J connectivity index is 1.34. The van der Waals surface area contributed by atoms with E-state index >= 15 is 0 Å². The van der Waals surface area contributed by atoms with Gasteiger partial charge in [-0.3, -0.25) is 14.9 Å². The first-order chi connectivity index (χ1) is 20.3. The molecule has 4 aromatic rings. The number of urea groups is 1. The van der Waals surface area contributed by atoms with Crippen molar-refractivity contribution in [3.63, 3.8) is 0 Å². The summed E-state index contributed by atoms with van der Waals surface area (Å²) in [7, 11) is 1.58. The van der Waals surface area contributed by atoms with E-state index in [4.69, 9.17) is 14.2 Å². The Morgan fingerprint density at radius 2 is 1.43 bits per heavy atom. The van der Waals surface area contributed by atoms with Gasteiger partial charge in [0.2, 0.25) is 0 Å². The number of para-hydroxylation sites is 1. The smallest absolute Gasteiger partial charge is 0.335 e. The predicted molar refractivity (Wildman–Crippen MR) is 159 cm³/mol. The second kappa shape index (κ2) is 12.4. The van der Waals surface area contributed by atoms with Gasteiger partial charge >= 0.3 is 6.03 Å². The Bertz CT molecular complexity index is 1680. The summed E-state index contributed by atoms with van der Waals surface area (Å²) in [6.45, 7) is 4.44. The summed E-state index contributed by atoms with van der Waals surface area (Å²) in [6.07, 6.45) is 1.44. The van der Waals surface area contributed by atoms with Crippen LogP contribution in [0.5, 0.6) is 17.2 Å². The number of hydrogen-bond donors (Lipinski definition) is 1. The number of methoxy groups -OCH3 is 1. The number of rotatable bonds is 9.